The highest BCUT2D eigenvalue weighted by Gasteiger charge is 2.59. The lowest BCUT2D eigenvalue weighted by molar-refractivity contribution is -0.132. The van der Waals surface area contributed by atoms with Crippen molar-refractivity contribution in [2.75, 3.05) is 0 Å². The summed E-state index contributed by atoms with van der Waals surface area (Å²) < 4.78 is 0. The molecule has 0 radical (unpaired) electrons. The van der Waals surface area contributed by atoms with Crippen molar-refractivity contribution in [2.45, 2.75) is 64.8 Å². The highest BCUT2D eigenvalue weighted by atomic mass is 16.1. The molecule has 1 unspecified atom stereocenters. The maximum atomic E-state index is 12.4. The fourth-order valence-electron chi connectivity index (χ4n) is 6.51. The zero-order valence-corrected chi connectivity index (χ0v) is 14.5. The molecule has 0 heterocycles. The molecule has 4 rings (SSSR count). The van der Waals surface area contributed by atoms with Gasteiger partial charge in [0.2, 0.25) is 0 Å². The SMILES string of the molecule is C[C@]12CCC(=O)C(N=[N+]=[N-])C1=CC[C@@H]1[C@@H]2CC[C@]2(C)C(=O)CC[C@@H]12. The van der Waals surface area contributed by atoms with Crippen molar-refractivity contribution >= 4 is 11.6 Å². The third kappa shape index (κ3) is 1.91. The number of hydrogen-bond acceptors (Lipinski definition) is 3. The minimum atomic E-state index is -0.603. The van der Waals surface area contributed by atoms with Crippen molar-refractivity contribution in [3.8, 4) is 0 Å². The summed E-state index contributed by atoms with van der Waals surface area (Å²) in [6, 6.07) is -0.603. The smallest absolute Gasteiger partial charge is 0.145 e. The Morgan fingerprint density at radius 2 is 1.88 bits per heavy atom. The van der Waals surface area contributed by atoms with Crippen LogP contribution in [0.3, 0.4) is 0 Å². The summed E-state index contributed by atoms with van der Waals surface area (Å²) in [6.07, 6.45) is 8.25. The number of allylic oxidation sites excluding steroid dienone is 1. The molecule has 6 atom stereocenters. The van der Waals surface area contributed by atoms with E-state index in [1.165, 1.54) is 0 Å². The number of ketones is 2. The third-order valence-corrected chi connectivity index (χ3v) is 7.89. The molecular formula is C19H25N3O2. The lowest BCUT2D eigenvalue weighted by Gasteiger charge is -2.56. The van der Waals surface area contributed by atoms with E-state index in [0.29, 0.717) is 30.0 Å². The van der Waals surface area contributed by atoms with Crippen LogP contribution in [0.25, 0.3) is 10.4 Å². The lowest BCUT2D eigenvalue weighted by atomic mass is 9.47. The van der Waals surface area contributed by atoms with Crippen LogP contribution in [0, 0.1) is 28.6 Å². The zero-order chi connectivity index (χ0) is 17.1. The molecule has 0 amide bonds. The first-order valence-corrected chi connectivity index (χ1v) is 9.22. The van der Waals surface area contributed by atoms with Gasteiger partial charge in [-0.3, -0.25) is 9.59 Å². The quantitative estimate of drug-likeness (QED) is 0.310. The normalized spacial score (nSPS) is 47.2. The number of carbonyl (C=O) groups excluding carboxylic acids is 2. The Bertz CT molecular complexity index is 693. The fourth-order valence-corrected chi connectivity index (χ4v) is 6.51. The van der Waals surface area contributed by atoms with Gasteiger partial charge < -0.3 is 0 Å². The summed E-state index contributed by atoms with van der Waals surface area (Å²) in [5.74, 6) is 2.03. The summed E-state index contributed by atoms with van der Waals surface area (Å²) >= 11 is 0. The molecule has 0 aromatic heterocycles. The Kier molecular flexibility index (Phi) is 3.44. The van der Waals surface area contributed by atoms with Gasteiger partial charge in [-0.2, -0.15) is 0 Å². The van der Waals surface area contributed by atoms with Gasteiger partial charge in [0.25, 0.3) is 0 Å². The molecule has 4 aliphatic rings. The molecule has 0 aromatic rings. The molecule has 0 aliphatic heterocycles. The van der Waals surface area contributed by atoms with E-state index < -0.39 is 6.04 Å². The van der Waals surface area contributed by atoms with Gasteiger partial charge in [-0.25, -0.2) is 0 Å². The van der Waals surface area contributed by atoms with E-state index in [9.17, 15) is 9.59 Å². The van der Waals surface area contributed by atoms with Crippen LogP contribution < -0.4 is 0 Å². The molecule has 0 N–H and O–H groups in total. The highest BCUT2D eigenvalue weighted by molar-refractivity contribution is 5.89. The third-order valence-electron chi connectivity index (χ3n) is 7.89. The van der Waals surface area contributed by atoms with Gasteiger partial charge >= 0.3 is 0 Å². The van der Waals surface area contributed by atoms with E-state index in [2.05, 4.69) is 29.9 Å². The minimum absolute atomic E-state index is 0.0529. The molecule has 4 aliphatic carbocycles. The van der Waals surface area contributed by atoms with Crippen LogP contribution in [0.15, 0.2) is 16.8 Å². The number of hydrogen-bond donors (Lipinski definition) is 0. The van der Waals surface area contributed by atoms with Gasteiger partial charge in [-0.05, 0) is 60.8 Å². The molecule has 128 valence electrons. The largest absolute Gasteiger partial charge is 0.299 e. The van der Waals surface area contributed by atoms with Crippen molar-refractivity contribution in [1.82, 2.24) is 0 Å². The number of fused-ring (bicyclic) bond motifs is 5. The Morgan fingerprint density at radius 1 is 1.12 bits per heavy atom. The number of nitrogens with zero attached hydrogens (tertiary/aromatic N) is 3. The van der Waals surface area contributed by atoms with Crippen LogP contribution >= 0.6 is 0 Å². The van der Waals surface area contributed by atoms with Gasteiger partial charge in [0, 0.05) is 23.2 Å². The number of Topliss-reactive ketones (excluding diaryl/α,β-unsaturated/α-hetero) is 2. The van der Waals surface area contributed by atoms with Gasteiger partial charge in [0.15, 0.2) is 0 Å². The van der Waals surface area contributed by atoms with Crippen molar-refractivity contribution < 1.29 is 9.59 Å². The predicted octanol–water partition coefficient (Wildman–Crippen LogP) is 4.38. The van der Waals surface area contributed by atoms with Gasteiger partial charge in [0.05, 0.1) is 0 Å². The van der Waals surface area contributed by atoms with Gasteiger partial charge in [-0.1, -0.05) is 30.6 Å². The molecule has 24 heavy (non-hydrogen) atoms. The van der Waals surface area contributed by atoms with Crippen LogP contribution in [0.4, 0.5) is 0 Å². The molecule has 3 fully saturated rings. The molecule has 5 heteroatoms. The van der Waals surface area contributed by atoms with Crippen molar-refractivity contribution in [2.24, 2.45) is 33.7 Å². The topological polar surface area (TPSA) is 82.9 Å². The molecule has 0 aromatic carbocycles. The predicted molar refractivity (Wildman–Crippen MR) is 90.0 cm³/mol. The summed E-state index contributed by atoms with van der Waals surface area (Å²) in [5, 5.41) is 3.83. The Morgan fingerprint density at radius 3 is 2.62 bits per heavy atom. The first-order valence-electron chi connectivity index (χ1n) is 9.22. The molecule has 0 bridgehead atoms. The van der Waals surface area contributed by atoms with E-state index in [1.807, 2.05) is 0 Å². The molecule has 0 saturated heterocycles. The first-order chi connectivity index (χ1) is 11.4. The van der Waals surface area contributed by atoms with E-state index in [-0.39, 0.29) is 16.6 Å². The minimum Gasteiger partial charge on any atom is -0.299 e. The van der Waals surface area contributed by atoms with E-state index >= 15 is 0 Å². The summed E-state index contributed by atoms with van der Waals surface area (Å²) in [6.45, 7) is 4.44. The van der Waals surface area contributed by atoms with Gasteiger partial charge in [0.1, 0.15) is 17.6 Å². The Balaban J connectivity index is 1.74. The molecular weight excluding hydrogens is 302 g/mol. The number of azide groups is 1. The Hall–Kier alpha value is -1.61. The summed E-state index contributed by atoms with van der Waals surface area (Å²) in [7, 11) is 0. The summed E-state index contributed by atoms with van der Waals surface area (Å²) in [4.78, 5) is 27.6. The second kappa shape index (κ2) is 5.19. The monoisotopic (exact) mass is 327 g/mol. The van der Waals surface area contributed by atoms with Crippen LogP contribution in [-0.2, 0) is 9.59 Å². The lowest BCUT2D eigenvalue weighted by Crippen LogP contribution is -2.52. The zero-order valence-electron chi connectivity index (χ0n) is 14.5. The van der Waals surface area contributed by atoms with Crippen molar-refractivity contribution in [3.05, 3.63) is 22.1 Å². The standard InChI is InChI=1S/C19H25N3O2/c1-18-10-8-15(23)17(21-22-20)14(18)4-3-11-12-5-6-16(24)19(12,2)9-7-13(11)18/h4,11-13,17H,3,5-10H2,1-2H3/t11-,12-,13-,17?,18+,19-/m0/s1. The highest BCUT2D eigenvalue weighted by Crippen LogP contribution is 2.63. The van der Waals surface area contributed by atoms with Crippen LogP contribution in [0.2, 0.25) is 0 Å². The van der Waals surface area contributed by atoms with E-state index in [1.54, 1.807) is 0 Å². The van der Waals surface area contributed by atoms with Crippen molar-refractivity contribution in [3.63, 3.8) is 0 Å². The Labute approximate surface area is 142 Å². The maximum absolute atomic E-state index is 12.4. The first kappa shape index (κ1) is 15.9. The van der Waals surface area contributed by atoms with Crippen LogP contribution in [0.1, 0.15) is 58.8 Å². The van der Waals surface area contributed by atoms with E-state index in [4.69, 9.17) is 5.53 Å². The number of carbonyl (C=O) groups is 2. The molecule has 0 spiro atoms. The average molecular weight is 327 g/mol. The molecule has 5 nitrogen and oxygen atoms in total. The summed E-state index contributed by atoms with van der Waals surface area (Å²) in [5.41, 5.74) is 9.75. The van der Waals surface area contributed by atoms with Crippen LogP contribution in [0.5, 0.6) is 0 Å². The van der Waals surface area contributed by atoms with Crippen molar-refractivity contribution in [1.29, 1.82) is 0 Å². The van der Waals surface area contributed by atoms with Gasteiger partial charge in [-0.15, -0.1) is 0 Å². The van der Waals surface area contributed by atoms with E-state index in [0.717, 1.165) is 44.1 Å². The molecule has 3 saturated carbocycles. The maximum Gasteiger partial charge on any atom is 0.145 e. The fraction of sp³-hybridized carbons (Fsp3) is 0.789. The second-order valence-electron chi connectivity index (χ2n) is 8.68. The van der Waals surface area contributed by atoms with Crippen LogP contribution in [-0.4, -0.2) is 17.6 Å². The average Bonchev–Trinajstić information content (AvgIpc) is 2.86. The number of rotatable bonds is 1. The second-order valence-corrected chi connectivity index (χ2v) is 8.68.